The second-order valence-electron chi connectivity index (χ2n) is 11.4. The van der Waals surface area contributed by atoms with Gasteiger partial charge in [0.1, 0.15) is 0 Å². The molecule has 218 valence electrons. The molecule has 1 aliphatic carbocycles. The quantitative estimate of drug-likeness (QED) is 0.338. The molecule has 4 rings (SSSR count). The van der Waals surface area contributed by atoms with E-state index in [2.05, 4.69) is 17.4 Å². The predicted octanol–water partition coefficient (Wildman–Crippen LogP) is 3.90. The fraction of sp³-hybridized carbons (Fsp3) is 0.548. The van der Waals surface area contributed by atoms with Gasteiger partial charge in [-0.05, 0) is 74.6 Å². The van der Waals surface area contributed by atoms with Crippen molar-refractivity contribution in [1.29, 1.82) is 0 Å². The molecule has 0 spiro atoms. The average molecular weight is 572 g/mol. The summed E-state index contributed by atoms with van der Waals surface area (Å²) in [6, 6.07) is 13.5. The Labute approximate surface area is 241 Å². The van der Waals surface area contributed by atoms with E-state index in [1.54, 1.807) is 0 Å². The van der Waals surface area contributed by atoms with Gasteiger partial charge in [0.05, 0.1) is 18.8 Å². The van der Waals surface area contributed by atoms with Crippen molar-refractivity contribution in [2.75, 3.05) is 26.7 Å². The maximum absolute atomic E-state index is 13.5. The molecule has 0 bridgehead atoms. The Morgan fingerprint density at radius 3 is 2.70 bits per heavy atom. The zero-order valence-corrected chi connectivity index (χ0v) is 24.2. The molecule has 2 fully saturated rings. The van der Waals surface area contributed by atoms with Crippen LogP contribution in [-0.4, -0.2) is 66.0 Å². The van der Waals surface area contributed by atoms with E-state index < -0.39 is 17.8 Å². The number of nitrogens with two attached hydrogens (primary N) is 1. The van der Waals surface area contributed by atoms with Crippen molar-refractivity contribution in [1.82, 2.24) is 10.2 Å². The molecule has 0 aromatic heterocycles. The van der Waals surface area contributed by atoms with Crippen molar-refractivity contribution in [2.45, 2.75) is 69.6 Å². The summed E-state index contributed by atoms with van der Waals surface area (Å²) in [7, 11) is 1.32. The summed E-state index contributed by atoms with van der Waals surface area (Å²) >= 11 is 6.79. The third-order valence-electron chi connectivity index (χ3n) is 8.57. The maximum Gasteiger partial charge on any atom is 0.406 e. The number of carbonyl (C=O) groups is 2. The molecule has 9 heteroatoms. The first-order valence-electron chi connectivity index (χ1n) is 14.2. The van der Waals surface area contributed by atoms with Crippen molar-refractivity contribution in [2.24, 2.45) is 17.6 Å². The average Bonchev–Trinajstić information content (AvgIpc) is 3.29. The molecule has 5 N–H and O–H groups in total. The number of methoxy groups -OCH3 is 1. The van der Waals surface area contributed by atoms with Crippen LogP contribution < -0.4 is 11.1 Å². The van der Waals surface area contributed by atoms with Crippen LogP contribution in [0.2, 0.25) is 5.02 Å². The number of hydrogen-bond acceptors (Lipinski definition) is 6. The van der Waals surface area contributed by atoms with Crippen LogP contribution in [0.4, 0.5) is 4.79 Å². The zero-order chi connectivity index (χ0) is 28.9. The Kier molecular flexibility index (Phi) is 10.1. The van der Waals surface area contributed by atoms with Crippen molar-refractivity contribution in [3.8, 4) is 0 Å². The normalized spacial score (nSPS) is 24.4. The number of nitrogens with one attached hydrogen (secondary N) is 1. The second-order valence-corrected chi connectivity index (χ2v) is 11.8. The van der Waals surface area contributed by atoms with Gasteiger partial charge in [0.2, 0.25) is 5.91 Å². The van der Waals surface area contributed by atoms with Crippen molar-refractivity contribution < 1.29 is 24.5 Å². The first-order chi connectivity index (χ1) is 19.1. The first-order valence-corrected chi connectivity index (χ1v) is 14.6. The fourth-order valence-electron chi connectivity index (χ4n) is 6.42. The van der Waals surface area contributed by atoms with E-state index in [9.17, 15) is 19.8 Å². The van der Waals surface area contributed by atoms with Gasteiger partial charge in [0.15, 0.2) is 0 Å². The summed E-state index contributed by atoms with van der Waals surface area (Å²) in [5.41, 5.74) is 8.59. The molecule has 0 radical (unpaired) electrons. The third kappa shape index (κ3) is 6.97. The highest BCUT2D eigenvalue weighted by Gasteiger charge is 2.44. The summed E-state index contributed by atoms with van der Waals surface area (Å²) in [5, 5.41) is 26.0. The lowest BCUT2D eigenvalue weighted by Gasteiger charge is -2.44. The molecule has 40 heavy (non-hydrogen) atoms. The minimum absolute atomic E-state index is 0.00233. The van der Waals surface area contributed by atoms with Crippen LogP contribution in [0.3, 0.4) is 0 Å². The van der Waals surface area contributed by atoms with Gasteiger partial charge >= 0.3 is 6.09 Å². The monoisotopic (exact) mass is 571 g/mol. The lowest BCUT2D eigenvalue weighted by atomic mass is 9.72. The van der Waals surface area contributed by atoms with Crippen molar-refractivity contribution in [3.63, 3.8) is 0 Å². The van der Waals surface area contributed by atoms with E-state index in [0.29, 0.717) is 56.8 Å². The SMILES string of the molecule is COC(=O)NCCCC(O)(c1cccc(Cl)c1Cc1cccc(C)c1)C1CCCN(C(=O)C2CC(N)C(O)C2)C1. The van der Waals surface area contributed by atoms with E-state index in [1.165, 1.54) is 7.11 Å². The molecule has 1 saturated carbocycles. The molecule has 2 amide bonds. The molecular formula is C31H42ClN3O5. The standard InChI is InChI=1S/C31H42ClN3O5/c1-20-7-3-8-21(15-20)16-24-25(10-4-11-26(24)32)31(39,12-6-13-34-30(38)40-2)23-9-5-14-35(19-23)29(37)22-17-27(33)28(36)18-22/h3-4,7-8,10-11,15,22-23,27-28,36,39H,5-6,9,12-14,16-19,33H2,1-2H3,(H,34,38). The highest BCUT2D eigenvalue weighted by Crippen LogP contribution is 2.43. The summed E-state index contributed by atoms with van der Waals surface area (Å²) in [4.78, 5) is 26.9. The summed E-state index contributed by atoms with van der Waals surface area (Å²) in [6.07, 6.45) is 2.62. The van der Waals surface area contributed by atoms with Gasteiger partial charge in [-0.3, -0.25) is 4.79 Å². The van der Waals surface area contributed by atoms with Crippen molar-refractivity contribution in [3.05, 3.63) is 69.7 Å². The highest BCUT2D eigenvalue weighted by molar-refractivity contribution is 6.31. The van der Waals surface area contributed by atoms with E-state index in [1.807, 2.05) is 42.2 Å². The van der Waals surface area contributed by atoms with E-state index in [-0.39, 0.29) is 23.8 Å². The lowest BCUT2D eigenvalue weighted by molar-refractivity contribution is -0.141. The number of nitrogens with zero attached hydrogens (tertiary/aromatic N) is 1. The van der Waals surface area contributed by atoms with E-state index in [4.69, 9.17) is 22.1 Å². The van der Waals surface area contributed by atoms with E-state index >= 15 is 0 Å². The molecule has 1 saturated heterocycles. The van der Waals surface area contributed by atoms with Gasteiger partial charge < -0.3 is 30.9 Å². The van der Waals surface area contributed by atoms with Gasteiger partial charge in [-0.25, -0.2) is 4.79 Å². The van der Waals surface area contributed by atoms with Gasteiger partial charge in [-0.15, -0.1) is 0 Å². The Morgan fingerprint density at radius 1 is 1.23 bits per heavy atom. The Hall–Kier alpha value is -2.65. The number of aliphatic hydroxyl groups excluding tert-OH is 1. The van der Waals surface area contributed by atoms with Gasteiger partial charge in [-0.1, -0.05) is 53.6 Å². The molecule has 5 unspecified atom stereocenters. The van der Waals surface area contributed by atoms with Crippen LogP contribution in [-0.2, 0) is 21.6 Å². The van der Waals surface area contributed by atoms with E-state index in [0.717, 1.165) is 35.1 Å². The predicted molar refractivity (Wildman–Crippen MR) is 155 cm³/mol. The number of benzene rings is 2. The summed E-state index contributed by atoms with van der Waals surface area (Å²) in [5.74, 6) is -0.542. The number of likely N-dealkylation sites (tertiary alicyclic amines) is 1. The van der Waals surface area contributed by atoms with Crippen LogP contribution >= 0.6 is 11.6 Å². The summed E-state index contributed by atoms with van der Waals surface area (Å²) in [6.45, 7) is 3.41. The number of hydrogen-bond donors (Lipinski definition) is 4. The number of halogens is 1. The number of piperidine rings is 1. The smallest absolute Gasteiger partial charge is 0.406 e. The van der Waals surface area contributed by atoms with Crippen LogP contribution in [0.25, 0.3) is 0 Å². The van der Waals surface area contributed by atoms with Crippen LogP contribution in [0.5, 0.6) is 0 Å². The third-order valence-corrected chi connectivity index (χ3v) is 8.93. The maximum atomic E-state index is 13.5. The number of rotatable bonds is 9. The van der Waals surface area contributed by atoms with Crippen LogP contribution in [0.1, 0.15) is 60.8 Å². The second kappa shape index (κ2) is 13.3. The highest BCUT2D eigenvalue weighted by atomic mass is 35.5. The zero-order valence-electron chi connectivity index (χ0n) is 23.4. The Morgan fingerprint density at radius 2 is 2.00 bits per heavy atom. The Bertz CT molecular complexity index is 1180. The number of aryl methyl sites for hydroxylation is 1. The number of amides is 2. The van der Waals surface area contributed by atoms with Gasteiger partial charge in [0, 0.05) is 42.5 Å². The van der Waals surface area contributed by atoms with Crippen LogP contribution in [0, 0.1) is 18.8 Å². The number of aliphatic hydroxyl groups is 2. The molecule has 2 aromatic carbocycles. The van der Waals surface area contributed by atoms with Gasteiger partial charge in [-0.2, -0.15) is 0 Å². The minimum atomic E-state index is -1.29. The molecular weight excluding hydrogens is 530 g/mol. The number of carbonyl (C=O) groups excluding carboxylic acids is 2. The van der Waals surface area contributed by atoms with Crippen molar-refractivity contribution >= 4 is 23.6 Å². The van der Waals surface area contributed by atoms with Gasteiger partial charge in [0.25, 0.3) is 0 Å². The van der Waals surface area contributed by atoms with Crippen LogP contribution in [0.15, 0.2) is 42.5 Å². The first kappa shape index (κ1) is 30.3. The number of alkyl carbamates (subject to hydrolysis) is 1. The fourth-order valence-corrected chi connectivity index (χ4v) is 6.67. The topological polar surface area (TPSA) is 125 Å². The minimum Gasteiger partial charge on any atom is -0.453 e. The Balaban J connectivity index is 1.64. The molecule has 2 aromatic rings. The number of ether oxygens (including phenoxy) is 1. The largest absolute Gasteiger partial charge is 0.453 e. The molecule has 1 heterocycles. The molecule has 1 aliphatic heterocycles. The molecule has 8 nitrogen and oxygen atoms in total. The molecule has 5 atom stereocenters. The lowest BCUT2D eigenvalue weighted by Crippen LogP contribution is -2.50. The molecule has 2 aliphatic rings. The summed E-state index contributed by atoms with van der Waals surface area (Å²) < 4.78 is 4.70.